The van der Waals surface area contributed by atoms with Gasteiger partial charge < -0.3 is 4.74 Å². The van der Waals surface area contributed by atoms with E-state index in [4.69, 9.17) is 7.48 Å². The molecule has 0 spiro atoms. The van der Waals surface area contributed by atoms with Crippen LogP contribution in [0.15, 0.2) is 24.3 Å². The van der Waals surface area contributed by atoms with Gasteiger partial charge in [0.1, 0.15) is 4.88 Å². The van der Waals surface area contributed by atoms with Gasteiger partial charge in [-0.3, -0.25) is 0 Å². The first-order chi connectivity index (χ1) is 11.9. The van der Waals surface area contributed by atoms with Crippen molar-refractivity contribution in [3.8, 4) is 9.75 Å². The second-order valence-electron chi connectivity index (χ2n) is 5.70. The fourth-order valence-electron chi connectivity index (χ4n) is 2.11. The molecule has 23 heavy (non-hydrogen) atoms. The summed E-state index contributed by atoms with van der Waals surface area (Å²) in [7, 11) is 0. The Kier molecular flexibility index (Phi) is 6.18. The molecule has 0 aliphatic heterocycles. The summed E-state index contributed by atoms with van der Waals surface area (Å²) in [5.74, 6) is -0.276. The first kappa shape index (κ1) is 15.4. The molecule has 126 valence electrons. The van der Waals surface area contributed by atoms with Crippen LogP contribution < -0.4 is 0 Å². The predicted octanol–water partition coefficient (Wildman–Crippen LogP) is 6.55. The van der Waals surface area contributed by atoms with Crippen LogP contribution in [0.4, 0.5) is 0 Å². The molecule has 0 bridgehead atoms. The third-order valence-corrected chi connectivity index (χ3v) is 5.63. The van der Waals surface area contributed by atoms with Gasteiger partial charge in [-0.05, 0) is 50.9 Å². The Labute approximate surface area is 150 Å². The van der Waals surface area contributed by atoms with Crippen molar-refractivity contribution in [3.05, 3.63) is 34.0 Å². The molecule has 0 N–H and O–H groups in total. The van der Waals surface area contributed by atoms with Crippen molar-refractivity contribution in [2.24, 2.45) is 0 Å². The molecule has 0 aliphatic carbocycles. The van der Waals surface area contributed by atoms with E-state index < -0.39 is 0 Å². The zero-order chi connectivity index (χ0) is 18.4. The van der Waals surface area contributed by atoms with Crippen LogP contribution >= 0.6 is 22.7 Å². The largest absolute Gasteiger partial charge is 0.459 e. The first-order valence-electron chi connectivity index (χ1n) is 9.30. The second-order valence-corrected chi connectivity index (χ2v) is 7.95. The zero-order valence-electron chi connectivity index (χ0n) is 16.0. The van der Waals surface area contributed by atoms with Crippen molar-refractivity contribution in [2.45, 2.75) is 65.4 Å². The third kappa shape index (κ3) is 5.78. The Morgan fingerprint density at radius 3 is 2.61 bits per heavy atom. The molecule has 0 saturated carbocycles. The van der Waals surface area contributed by atoms with Gasteiger partial charge in [-0.25, -0.2) is 4.79 Å². The number of thiophene rings is 2. The molecule has 0 aliphatic rings. The molecular formula is C19H26O2S2. The van der Waals surface area contributed by atoms with E-state index in [1.807, 2.05) is 38.1 Å². The highest BCUT2D eigenvalue weighted by molar-refractivity contribution is 7.23. The van der Waals surface area contributed by atoms with Gasteiger partial charge >= 0.3 is 5.97 Å². The molecule has 0 fully saturated rings. The number of ether oxygens (including phenoxy) is 1. The predicted molar refractivity (Wildman–Crippen MR) is 101 cm³/mol. The Hall–Kier alpha value is -1.13. The Morgan fingerprint density at radius 1 is 1.13 bits per heavy atom. The monoisotopic (exact) mass is 352 g/mol. The van der Waals surface area contributed by atoms with E-state index >= 15 is 0 Å². The summed E-state index contributed by atoms with van der Waals surface area (Å²) in [4.78, 5) is 15.8. The minimum absolute atomic E-state index is 0.120. The zero-order valence-corrected chi connectivity index (χ0v) is 15.6. The van der Waals surface area contributed by atoms with Crippen molar-refractivity contribution in [2.75, 3.05) is 0 Å². The van der Waals surface area contributed by atoms with Crippen LogP contribution in [-0.4, -0.2) is 12.1 Å². The number of esters is 1. The maximum atomic E-state index is 12.0. The lowest BCUT2D eigenvalue weighted by Crippen LogP contribution is -2.09. The van der Waals surface area contributed by atoms with Crippen LogP contribution in [0.1, 0.15) is 70.1 Å². The van der Waals surface area contributed by atoms with E-state index in [9.17, 15) is 4.79 Å². The smallest absolute Gasteiger partial charge is 0.348 e. The van der Waals surface area contributed by atoms with Gasteiger partial charge in [0.05, 0.1) is 6.10 Å². The summed E-state index contributed by atoms with van der Waals surface area (Å²) in [6, 6.07) is 7.84. The van der Waals surface area contributed by atoms with E-state index in [0.29, 0.717) is 11.3 Å². The minimum Gasteiger partial charge on any atom is -0.459 e. The lowest BCUT2D eigenvalue weighted by Gasteiger charge is -2.05. The summed E-state index contributed by atoms with van der Waals surface area (Å²) in [6.07, 6.45) is 2.70. The molecular weight excluding hydrogens is 324 g/mol. The SMILES string of the molecule is [2H][C@H](CCCC)[C@@H]([2H])Cc1ccc(-c2ccc(C(=O)OC(C)C)s2)s1. The minimum atomic E-state index is -0.377. The average molecular weight is 353 g/mol. The van der Waals surface area contributed by atoms with Crippen LogP contribution in [0.25, 0.3) is 9.75 Å². The van der Waals surface area contributed by atoms with Crippen molar-refractivity contribution in [1.29, 1.82) is 0 Å². The van der Waals surface area contributed by atoms with E-state index in [2.05, 4.69) is 6.92 Å². The molecule has 2 aromatic rings. The molecule has 2 nitrogen and oxygen atoms in total. The molecule has 2 atom stereocenters. The number of rotatable bonds is 9. The third-order valence-electron chi connectivity index (χ3n) is 3.26. The Bertz CT molecular complexity index is 679. The Morgan fingerprint density at radius 2 is 1.87 bits per heavy atom. The number of hydrogen-bond donors (Lipinski definition) is 0. The second kappa shape index (κ2) is 9.24. The summed E-state index contributed by atoms with van der Waals surface area (Å²) in [5.41, 5.74) is 0. The summed E-state index contributed by atoms with van der Waals surface area (Å²) in [6.45, 7) is 5.80. The summed E-state index contributed by atoms with van der Waals surface area (Å²) >= 11 is 3.09. The number of carbonyl (C=O) groups is 1. The Balaban J connectivity index is 1.99. The molecule has 2 aromatic heterocycles. The fourth-order valence-corrected chi connectivity index (χ4v) is 4.07. The van der Waals surface area contributed by atoms with Crippen molar-refractivity contribution < 1.29 is 12.3 Å². The highest BCUT2D eigenvalue weighted by atomic mass is 32.1. The highest BCUT2D eigenvalue weighted by Gasteiger charge is 2.14. The van der Waals surface area contributed by atoms with Crippen LogP contribution in [0.5, 0.6) is 0 Å². The molecule has 0 unspecified atom stereocenters. The van der Waals surface area contributed by atoms with Gasteiger partial charge in [0.2, 0.25) is 0 Å². The van der Waals surface area contributed by atoms with E-state index in [-0.39, 0.29) is 24.9 Å². The molecule has 0 radical (unpaired) electrons. The first-order valence-corrected chi connectivity index (χ1v) is 9.78. The molecule has 2 rings (SSSR count). The van der Waals surface area contributed by atoms with Crippen molar-refractivity contribution in [3.63, 3.8) is 0 Å². The molecule has 0 saturated heterocycles. The lowest BCUT2D eigenvalue weighted by atomic mass is 10.1. The van der Waals surface area contributed by atoms with Crippen LogP contribution in [0.2, 0.25) is 0 Å². The van der Waals surface area contributed by atoms with Crippen LogP contribution in [-0.2, 0) is 11.2 Å². The van der Waals surface area contributed by atoms with Crippen LogP contribution in [0.3, 0.4) is 0 Å². The number of hydrogen-bond acceptors (Lipinski definition) is 4. The lowest BCUT2D eigenvalue weighted by molar-refractivity contribution is 0.0384. The topological polar surface area (TPSA) is 26.3 Å². The maximum Gasteiger partial charge on any atom is 0.348 e. The van der Waals surface area contributed by atoms with E-state index in [0.717, 1.165) is 33.9 Å². The van der Waals surface area contributed by atoms with Gasteiger partial charge in [-0.2, -0.15) is 0 Å². The fraction of sp³-hybridized carbons (Fsp3) is 0.526. The van der Waals surface area contributed by atoms with Gasteiger partial charge in [0.25, 0.3) is 0 Å². The number of unbranched alkanes of at least 4 members (excludes halogenated alkanes) is 1. The summed E-state index contributed by atoms with van der Waals surface area (Å²) < 4.78 is 21.5. The molecule has 0 aromatic carbocycles. The average Bonchev–Trinajstić information content (AvgIpc) is 3.20. The maximum absolute atomic E-state index is 12.0. The van der Waals surface area contributed by atoms with Crippen molar-refractivity contribution in [1.82, 2.24) is 0 Å². The standard InChI is InChI=1S/C19H26O2S2/c1-4-5-6-7-8-9-15-10-11-16(22-15)17-12-13-18(23-17)19(20)21-14(2)3/h10-14H,4-9H2,1-3H3/i7D,8D/t7-,8-/m1/s1. The number of aryl methyl sites for hydroxylation is 1. The van der Waals surface area contributed by atoms with Crippen LogP contribution in [0, 0.1) is 0 Å². The summed E-state index contributed by atoms with van der Waals surface area (Å²) in [5, 5.41) is 0. The van der Waals surface area contributed by atoms with E-state index in [1.54, 1.807) is 11.3 Å². The molecule has 4 heteroatoms. The quantitative estimate of drug-likeness (QED) is 0.478. The number of carbonyl (C=O) groups excluding carboxylic acids is 1. The van der Waals surface area contributed by atoms with Gasteiger partial charge in [0.15, 0.2) is 0 Å². The molecule has 0 amide bonds. The highest BCUT2D eigenvalue weighted by Crippen LogP contribution is 2.34. The van der Waals surface area contributed by atoms with E-state index in [1.165, 1.54) is 11.3 Å². The van der Waals surface area contributed by atoms with Gasteiger partial charge in [0, 0.05) is 17.4 Å². The van der Waals surface area contributed by atoms with Crippen molar-refractivity contribution >= 4 is 28.6 Å². The molecule has 2 heterocycles. The van der Waals surface area contributed by atoms with Gasteiger partial charge in [-0.15, -0.1) is 22.7 Å². The van der Waals surface area contributed by atoms with Gasteiger partial charge in [-0.1, -0.05) is 32.6 Å². The normalized spacial score (nSPS) is 15.1.